The van der Waals surface area contributed by atoms with E-state index in [1.54, 1.807) is 0 Å². The molecule has 25 heavy (non-hydrogen) atoms. The third-order valence-electron chi connectivity index (χ3n) is 4.89. The molecule has 2 aromatic carbocycles. The van der Waals surface area contributed by atoms with Crippen molar-refractivity contribution in [2.24, 2.45) is 0 Å². The van der Waals surface area contributed by atoms with E-state index in [4.69, 9.17) is 0 Å². The van der Waals surface area contributed by atoms with Gasteiger partial charge in [-0.2, -0.15) is 11.8 Å². The van der Waals surface area contributed by atoms with Crippen molar-refractivity contribution in [2.45, 2.75) is 18.9 Å². The normalized spacial score (nSPS) is 15.0. The van der Waals surface area contributed by atoms with E-state index in [1.807, 2.05) is 56.0 Å². The lowest BCUT2D eigenvalue weighted by molar-refractivity contribution is 0.0723. The first-order chi connectivity index (χ1) is 12.1. The molecule has 1 saturated heterocycles. The van der Waals surface area contributed by atoms with E-state index in [1.165, 1.54) is 5.69 Å². The Morgan fingerprint density at radius 3 is 2.28 bits per heavy atom. The first-order valence-electron chi connectivity index (χ1n) is 8.79. The van der Waals surface area contributed by atoms with Gasteiger partial charge in [-0.15, -0.1) is 0 Å². The Labute approximate surface area is 155 Å². The van der Waals surface area contributed by atoms with Crippen LogP contribution in [0.4, 0.5) is 5.69 Å². The van der Waals surface area contributed by atoms with Crippen LogP contribution in [-0.2, 0) is 0 Å². The first kappa shape index (κ1) is 17.9. The molecule has 3 nitrogen and oxygen atoms in total. The fraction of sp³-hybridized carbons (Fsp3) is 0.381. The summed E-state index contributed by atoms with van der Waals surface area (Å²) in [4.78, 5) is 16.9. The third kappa shape index (κ3) is 4.18. The van der Waals surface area contributed by atoms with Gasteiger partial charge in [0.15, 0.2) is 0 Å². The molecule has 0 saturated carbocycles. The number of hydrogen-bond donors (Lipinski definition) is 0. The molecule has 1 amide bonds. The van der Waals surface area contributed by atoms with Gasteiger partial charge in [-0.05, 0) is 59.7 Å². The highest BCUT2D eigenvalue weighted by molar-refractivity contribution is 7.99. The summed E-state index contributed by atoms with van der Waals surface area (Å²) in [6.45, 7) is 0. The van der Waals surface area contributed by atoms with Crippen LogP contribution in [0.3, 0.4) is 0 Å². The molecule has 0 atom stereocenters. The average molecular weight is 355 g/mol. The topological polar surface area (TPSA) is 23.6 Å². The zero-order chi connectivity index (χ0) is 17.8. The Morgan fingerprint density at radius 1 is 0.960 bits per heavy atom. The summed E-state index contributed by atoms with van der Waals surface area (Å²) in [5.74, 6) is 2.44. The fourth-order valence-electron chi connectivity index (χ4n) is 3.23. The summed E-state index contributed by atoms with van der Waals surface area (Å²) < 4.78 is 0. The summed E-state index contributed by atoms with van der Waals surface area (Å²) in [5, 5.41) is 0. The summed E-state index contributed by atoms with van der Waals surface area (Å²) >= 11 is 1.98. The van der Waals surface area contributed by atoms with E-state index in [0.29, 0.717) is 6.04 Å². The average Bonchev–Trinajstić information content (AvgIpc) is 2.67. The highest BCUT2D eigenvalue weighted by Gasteiger charge is 2.23. The maximum absolute atomic E-state index is 12.9. The Hall–Kier alpha value is -1.94. The number of anilines is 1. The van der Waals surface area contributed by atoms with Crippen molar-refractivity contribution in [3.05, 3.63) is 54.1 Å². The fourth-order valence-corrected chi connectivity index (χ4v) is 4.31. The first-order valence-corrected chi connectivity index (χ1v) is 9.94. The molecule has 0 radical (unpaired) electrons. The van der Waals surface area contributed by atoms with Crippen molar-refractivity contribution in [2.75, 3.05) is 37.5 Å². The number of amides is 1. The van der Waals surface area contributed by atoms with Crippen LogP contribution >= 0.6 is 11.8 Å². The quantitative estimate of drug-likeness (QED) is 0.814. The highest BCUT2D eigenvalue weighted by Crippen LogP contribution is 2.25. The van der Waals surface area contributed by atoms with Crippen LogP contribution in [0.1, 0.15) is 23.2 Å². The lowest BCUT2D eigenvalue weighted by atomic mass is 10.0. The summed E-state index contributed by atoms with van der Waals surface area (Å²) in [6, 6.07) is 16.8. The third-order valence-corrected chi connectivity index (χ3v) is 5.93. The van der Waals surface area contributed by atoms with E-state index in [-0.39, 0.29) is 5.91 Å². The van der Waals surface area contributed by atoms with E-state index in [9.17, 15) is 4.79 Å². The van der Waals surface area contributed by atoms with Gasteiger partial charge in [-0.1, -0.05) is 24.3 Å². The molecule has 0 aliphatic carbocycles. The van der Waals surface area contributed by atoms with Gasteiger partial charge in [0.05, 0.1) is 0 Å². The molecule has 1 fully saturated rings. The highest BCUT2D eigenvalue weighted by atomic mass is 32.2. The minimum Gasteiger partial charge on any atom is -0.378 e. The summed E-state index contributed by atoms with van der Waals surface area (Å²) in [5.41, 5.74) is 4.17. The van der Waals surface area contributed by atoms with Crippen molar-refractivity contribution >= 4 is 23.4 Å². The molecule has 1 heterocycles. The molecule has 4 heteroatoms. The van der Waals surface area contributed by atoms with E-state index >= 15 is 0 Å². The second-order valence-electron chi connectivity index (χ2n) is 6.78. The van der Waals surface area contributed by atoms with Crippen molar-refractivity contribution in [1.82, 2.24) is 4.90 Å². The molecule has 1 aliphatic heterocycles. The minimum absolute atomic E-state index is 0.128. The second kappa shape index (κ2) is 7.96. The Morgan fingerprint density at radius 2 is 1.64 bits per heavy atom. The lowest BCUT2D eigenvalue weighted by Crippen LogP contribution is -2.39. The van der Waals surface area contributed by atoms with Crippen molar-refractivity contribution < 1.29 is 4.79 Å². The molecule has 1 aliphatic rings. The molecule has 3 rings (SSSR count). The van der Waals surface area contributed by atoms with Crippen LogP contribution in [0, 0.1) is 0 Å². The van der Waals surface area contributed by atoms with E-state index in [0.717, 1.165) is 41.0 Å². The van der Waals surface area contributed by atoms with Gasteiger partial charge in [0.2, 0.25) is 0 Å². The van der Waals surface area contributed by atoms with Crippen LogP contribution in [0.25, 0.3) is 11.1 Å². The van der Waals surface area contributed by atoms with E-state index in [2.05, 4.69) is 35.2 Å². The van der Waals surface area contributed by atoms with Gasteiger partial charge in [0.25, 0.3) is 5.91 Å². The molecular weight excluding hydrogens is 328 g/mol. The minimum atomic E-state index is 0.128. The number of rotatable bonds is 4. The van der Waals surface area contributed by atoms with Crippen LogP contribution in [-0.4, -0.2) is 49.5 Å². The van der Waals surface area contributed by atoms with Crippen molar-refractivity contribution in [1.29, 1.82) is 0 Å². The monoisotopic (exact) mass is 354 g/mol. The van der Waals surface area contributed by atoms with Gasteiger partial charge in [-0.25, -0.2) is 0 Å². The summed E-state index contributed by atoms with van der Waals surface area (Å²) in [7, 11) is 6.02. The molecule has 0 spiro atoms. The standard InChI is InChI=1S/C21H26N2OS/c1-22(2)19-9-7-16(8-10-19)17-5-4-6-18(15-17)21(24)23(3)20-11-13-25-14-12-20/h4-10,15,20H,11-14H2,1-3H3. The van der Waals surface area contributed by atoms with Crippen LogP contribution in [0.5, 0.6) is 0 Å². The molecule has 0 aromatic heterocycles. The number of carbonyl (C=O) groups excluding carboxylic acids is 1. The van der Waals surface area contributed by atoms with Crippen LogP contribution in [0.2, 0.25) is 0 Å². The van der Waals surface area contributed by atoms with Gasteiger partial charge in [0, 0.05) is 38.4 Å². The van der Waals surface area contributed by atoms with Gasteiger partial charge in [-0.3, -0.25) is 4.79 Å². The largest absolute Gasteiger partial charge is 0.378 e. The van der Waals surface area contributed by atoms with E-state index < -0.39 is 0 Å². The SMILES string of the molecule is CN(C)c1ccc(-c2cccc(C(=O)N(C)C3CCSCC3)c2)cc1. The molecule has 0 N–H and O–H groups in total. The Balaban J connectivity index is 1.79. The zero-order valence-electron chi connectivity index (χ0n) is 15.2. The second-order valence-corrected chi connectivity index (χ2v) is 8.01. The Bertz CT molecular complexity index is 721. The van der Waals surface area contributed by atoms with Gasteiger partial charge < -0.3 is 9.80 Å². The predicted octanol–water partition coefficient (Wildman–Crippen LogP) is 4.39. The number of hydrogen-bond acceptors (Lipinski definition) is 3. The molecule has 0 bridgehead atoms. The number of thioether (sulfide) groups is 1. The predicted molar refractivity (Wildman–Crippen MR) is 109 cm³/mol. The molecule has 0 unspecified atom stereocenters. The van der Waals surface area contributed by atoms with Gasteiger partial charge >= 0.3 is 0 Å². The maximum atomic E-state index is 12.9. The number of carbonyl (C=O) groups is 1. The number of benzene rings is 2. The van der Waals surface area contributed by atoms with Crippen LogP contribution < -0.4 is 4.90 Å². The Kier molecular flexibility index (Phi) is 5.69. The number of nitrogens with zero attached hydrogens (tertiary/aromatic N) is 2. The van der Waals surface area contributed by atoms with Crippen molar-refractivity contribution in [3.63, 3.8) is 0 Å². The smallest absolute Gasteiger partial charge is 0.253 e. The van der Waals surface area contributed by atoms with Gasteiger partial charge in [0.1, 0.15) is 0 Å². The molecular formula is C21H26N2OS. The molecule has 132 valence electrons. The van der Waals surface area contributed by atoms with Crippen molar-refractivity contribution in [3.8, 4) is 11.1 Å². The summed E-state index contributed by atoms with van der Waals surface area (Å²) in [6.07, 6.45) is 2.19. The zero-order valence-corrected chi connectivity index (χ0v) is 16.1. The van der Waals surface area contributed by atoms with Crippen LogP contribution in [0.15, 0.2) is 48.5 Å². The lowest BCUT2D eigenvalue weighted by Gasteiger charge is -2.31. The maximum Gasteiger partial charge on any atom is 0.253 e. The molecule has 2 aromatic rings.